The minimum atomic E-state index is -0.200. The fraction of sp³-hybridized carbons (Fsp3) is 0.435. The number of ether oxygens (including phenoxy) is 1. The van der Waals surface area contributed by atoms with Crippen molar-refractivity contribution < 1.29 is 9.53 Å². The Kier molecular flexibility index (Phi) is 8.35. The Hall–Kier alpha value is -2.77. The summed E-state index contributed by atoms with van der Waals surface area (Å²) in [5, 5.41) is 6.60. The number of aromatic nitrogens is 2. The number of nitrogens with one attached hydrogen (secondary N) is 2. The van der Waals surface area contributed by atoms with Crippen LogP contribution < -0.4 is 10.6 Å². The van der Waals surface area contributed by atoms with E-state index in [0.717, 1.165) is 25.1 Å². The lowest BCUT2D eigenvalue weighted by Gasteiger charge is -2.25. The second-order valence-corrected chi connectivity index (χ2v) is 7.22. The molecule has 1 amide bonds. The highest BCUT2D eigenvalue weighted by Crippen LogP contribution is 2.21. The molecule has 2 heterocycles. The number of hydrogen-bond donors (Lipinski definition) is 2. The quantitative estimate of drug-likeness (QED) is 0.620. The van der Waals surface area contributed by atoms with Crippen LogP contribution in [0, 0.1) is 0 Å². The highest BCUT2D eigenvalue weighted by atomic mass is 16.5. The number of carbonyl (C=O) groups excluding carboxylic acids is 1. The summed E-state index contributed by atoms with van der Waals surface area (Å²) in [5.74, 6) is 1.07. The van der Waals surface area contributed by atoms with E-state index in [9.17, 15) is 4.79 Å². The van der Waals surface area contributed by atoms with E-state index >= 15 is 0 Å². The van der Waals surface area contributed by atoms with E-state index in [-0.39, 0.29) is 12.0 Å². The van der Waals surface area contributed by atoms with Crippen LogP contribution >= 0.6 is 0 Å². The Labute approximate surface area is 178 Å². The van der Waals surface area contributed by atoms with Gasteiger partial charge in [0, 0.05) is 38.9 Å². The number of morpholine rings is 1. The minimum absolute atomic E-state index is 0.0928. The van der Waals surface area contributed by atoms with Crippen molar-refractivity contribution in [2.75, 3.05) is 38.1 Å². The first kappa shape index (κ1) is 21.9. The summed E-state index contributed by atoms with van der Waals surface area (Å²) < 4.78 is 5.78. The second kappa shape index (κ2) is 11.4. The van der Waals surface area contributed by atoms with E-state index in [0.29, 0.717) is 43.4 Å². The average Bonchev–Trinajstić information content (AvgIpc) is 2.81. The first-order valence-electron chi connectivity index (χ1n) is 10.6. The SMILES string of the molecule is C/C=C/CN(Cc1ccccc1)C(=O)c1cnc(C2CNCCO2)nc1NCCC. The molecule has 160 valence electrons. The summed E-state index contributed by atoms with van der Waals surface area (Å²) in [6.07, 6.45) is 6.30. The molecule has 30 heavy (non-hydrogen) atoms. The first-order chi connectivity index (χ1) is 14.7. The van der Waals surface area contributed by atoms with Crippen molar-refractivity contribution in [3.05, 3.63) is 65.6 Å². The zero-order valence-electron chi connectivity index (χ0n) is 17.8. The summed E-state index contributed by atoms with van der Waals surface area (Å²) in [5.41, 5.74) is 1.56. The van der Waals surface area contributed by atoms with Crippen LogP contribution in [-0.4, -0.2) is 53.6 Å². The molecule has 2 N–H and O–H groups in total. The molecule has 1 unspecified atom stereocenters. The van der Waals surface area contributed by atoms with Gasteiger partial charge in [-0.25, -0.2) is 9.97 Å². The standard InChI is InChI=1S/C23H31N5O2/c1-3-5-13-28(17-18-9-7-6-8-10-18)23(29)19-15-26-22(20-16-24-12-14-30-20)27-21(19)25-11-4-2/h3,5-10,15,20,24H,4,11-14,16-17H2,1-2H3,(H,25,26,27)/b5-3+. The van der Waals surface area contributed by atoms with Gasteiger partial charge in [0.1, 0.15) is 17.5 Å². The molecule has 3 rings (SSSR count). The lowest BCUT2D eigenvalue weighted by Crippen LogP contribution is -2.35. The van der Waals surface area contributed by atoms with Crippen molar-refractivity contribution >= 4 is 11.7 Å². The van der Waals surface area contributed by atoms with Crippen molar-refractivity contribution in [3.8, 4) is 0 Å². The Morgan fingerprint density at radius 1 is 1.37 bits per heavy atom. The van der Waals surface area contributed by atoms with Crippen molar-refractivity contribution in [1.82, 2.24) is 20.2 Å². The fourth-order valence-corrected chi connectivity index (χ4v) is 3.24. The Balaban J connectivity index is 1.87. The number of anilines is 1. The average molecular weight is 410 g/mol. The number of nitrogens with zero attached hydrogens (tertiary/aromatic N) is 3. The van der Waals surface area contributed by atoms with Gasteiger partial charge in [-0.15, -0.1) is 0 Å². The summed E-state index contributed by atoms with van der Waals surface area (Å²) in [4.78, 5) is 24.4. The highest BCUT2D eigenvalue weighted by Gasteiger charge is 2.24. The Morgan fingerprint density at radius 3 is 2.90 bits per heavy atom. The molecule has 1 fully saturated rings. The molecule has 2 aromatic rings. The zero-order chi connectivity index (χ0) is 21.2. The summed E-state index contributed by atoms with van der Waals surface area (Å²) in [6, 6.07) is 10.00. The molecule has 1 atom stereocenters. The number of allylic oxidation sites excluding steroid dienone is 1. The molecule has 7 nitrogen and oxygen atoms in total. The van der Waals surface area contributed by atoms with Gasteiger partial charge in [-0.05, 0) is 18.9 Å². The molecule has 0 radical (unpaired) electrons. The summed E-state index contributed by atoms with van der Waals surface area (Å²) >= 11 is 0. The molecule has 1 aliphatic heterocycles. The summed E-state index contributed by atoms with van der Waals surface area (Å²) in [6.45, 7) is 7.93. The van der Waals surface area contributed by atoms with Crippen molar-refractivity contribution in [1.29, 1.82) is 0 Å². The fourth-order valence-electron chi connectivity index (χ4n) is 3.24. The van der Waals surface area contributed by atoms with Gasteiger partial charge in [0.2, 0.25) is 0 Å². The van der Waals surface area contributed by atoms with Crippen molar-refractivity contribution in [3.63, 3.8) is 0 Å². The van der Waals surface area contributed by atoms with Gasteiger partial charge in [0.25, 0.3) is 5.91 Å². The number of hydrogen-bond acceptors (Lipinski definition) is 6. The van der Waals surface area contributed by atoms with Crippen molar-refractivity contribution in [2.45, 2.75) is 32.9 Å². The molecule has 1 aromatic heterocycles. The molecule has 1 saturated heterocycles. The monoisotopic (exact) mass is 409 g/mol. The second-order valence-electron chi connectivity index (χ2n) is 7.22. The van der Waals surface area contributed by atoms with Crippen LogP contribution in [0.25, 0.3) is 0 Å². The third-order valence-corrected chi connectivity index (χ3v) is 4.86. The first-order valence-corrected chi connectivity index (χ1v) is 10.6. The Morgan fingerprint density at radius 2 is 2.20 bits per heavy atom. The molecule has 7 heteroatoms. The number of rotatable bonds is 9. The molecule has 1 aromatic carbocycles. The van der Waals surface area contributed by atoms with Gasteiger partial charge in [-0.2, -0.15) is 0 Å². The lowest BCUT2D eigenvalue weighted by atomic mass is 10.1. The largest absolute Gasteiger partial charge is 0.369 e. The van der Waals surface area contributed by atoms with Crippen LogP contribution in [0.3, 0.4) is 0 Å². The van der Waals surface area contributed by atoms with E-state index in [1.807, 2.05) is 54.3 Å². The smallest absolute Gasteiger partial charge is 0.259 e. The van der Waals surface area contributed by atoms with E-state index in [2.05, 4.69) is 27.5 Å². The molecule has 0 aliphatic carbocycles. The predicted molar refractivity (Wildman–Crippen MR) is 118 cm³/mol. The number of benzene rings is 1. The number of carbonyl (C=O) groups is 1. The van der Waals surface area contributed by atoms with Gasteiger partial charge in [0.05, 0.1) is 6.61 Å². The lowest BCUT2D eigenvalue weighted by molar-refractivity contribution is 0.0221. The van der Waals surface area contributed by atoms with E-state index < -0.39 is 0 Å². The third-order valence-electron chi connectivity index (χ3n) is 4.86. The normalized spacial score (nSPS) is 16.5. The molecular weight excluding hydrogens is 378 g/mol. The topological polar surface area (TPSA) is 79.4 Å². The Bertz CT molecular complexity index is 835. The van der Waals surface area contributed by atoms with Crippen LogP contribution in [0.15, 0.2) is 48.7 Å². The van der Waals surface area contributed by atoms with Crippen molar-refractivity contribution in [2.24, 2.45) is 0 Å². The molecule has 1 aliphatic rings. The van der Waals surface area contributed by atoms with E-state index in [1.54, 1.807) is 6.20 Å². The van der Waals surface area contributed by atoms with Crippen LogP contribution in [-0.2, 0) is 11.3 Å². The third kappa shape index (κ3) is 5.87. The molecular formula is C23H31N5O2. The van der Waals surface area contributed by atoms with E-state index in [1.165, 1.54) is 0 Å². The van der Waals surface area contributed by atoms with Gasteiger partial charge >= 0.3 is 0 Å². The van der Waals surface area contributed by atoms with Crippen LogP contribution in [0.2, 0.25) is 0 Å². The van der Waals surface area contributed by atoms with Crippen LogP contribution in [0.4, 0.5) is 5.82 Å². The minimum Gasteiger partial charge on any atom is -0.369 e. The van der Waals surface area contributed by atoms with Crippen LogP contribution in [0.5, 0.6) is 0 Å². The van der Waals surface area contributed by atoms with E-state index in [4.69, 9.17) is 4.74 Å². The van der Waals surface area contributed by atoms with Crippen LogP contribution in [0.1, 0.15) is 48.1 Å². The maximum Gasteiger partial charge on any atom is 0.259 e. The predicted octanol–water partition coefficient (Wildman–Crippen LogP) is 3.18. The molecule has 0 saturated carbocycles. The molecule has 0 bridgehead atoms. The van der Waals surface area contributed by atoms with Gasteiger partial charge in [-0.3, -0.25) is 4.79 Å². The number of amides is 1. The maximum absolute atomic E-state index is 13.5. The molecule has 0 spiro atoms. The summed E-state index contributed by atoms with van der Waals surface area (Å²) in [7, 11) is 0. The maximum atomic E-state index is 13.5. The van der Waals surface area contributed by atoms with Gasteiger partial charge in [0.15, 0.2) is 5.82 Å². The highest BCUT2D eigenvalue weighted by molar-refractivity contribution is 5.98. The van der Waals surface area contributed by atoms with Gasteiger partial charge in [-0.1, -0.05) is 49.4 Å². The zero-order valence-corrected chi connectivity index (χ0v) is 17.8. The van der Waals surface area contributed by atoms with Gasteiger partial charge < -0.3 is 20.3 Å².